The number of hydrogen-bond acceptors (Lipinski definition) is 5. The van der Waals surface area contributed by atoms with Gasteiger partial charge in [0.15, 0.2) is 11.5 Å². The summed E-state index contributed by atoms with van der Waals surface area (Å²) in [5, 5.41) is 7.68. The lowest BCUT2D eigenvalue weighted by Gasteiger charge is -2.16. The van der Waals surface area contributed by atoms with Gasteiger partial charge in [0.05, 0.1) is 13.2 Å². The molecule has 6 nitrogen and oxygen atoms in total. The van der Waals surface area contributed by atoms with E-state index in [-0.39, 0.29) is 6.61 Å². The zero-order valence-corrected chi connectivity index (χ0v) is 18.8. The van der Waals surface area contributed by atoms with Gasteiger partial charge in [-0.25, -0.2) is 4.68 Å². The molecule has 2 N–H and O–H groups in total. The maximum atomic E-state index is 6.22. The van der Waals surface area contributed by atoms with E-state index in [2.05, 4.69) is 31.6 Å². The van der Waals surface area contributed by atoms with Crippen molar-refractivity contribution >= 4 is 51.3 Å². The molecule has 0 atom stereocenters. The molecule has 0 saturated heterocycles. The van der Waals surface area contributed by atoms with Gasteiger partial charge < -0.3 is 14.9 Å². The summed E-state index contributed by atoms with van der Waals surface area (Å²) in [7, 11) is 0. The van der Waals surface area contributed by atoms with Crippen molar-refractivity contribution in [1.82, 2.24) is 14.9 Å². The van der Waals surface area contributed by atoms with Crippen LogP contribution in [0.2, 0.25) is 10.0 Å². The van der Waals surface area contributed by atoms with Crippen molar-refractivity contribution in [3.63, 3.8) is 0 Å². The summed E-state index contributed by atoms with van der Waals surface area (Å²) in [5.74, 6) is 1.22. The number of H-pyrrole nitrogens is 1. The maximum absolute atomic E-state index is 6.22. The van der Waals surface area contributed by atoms with Crippen LogP contribution in [0, 0.1) is 4.77 Å². The summed E-state index contributed by atoms with van der Waals surface area (Å²) in [6.45, 7) is 3.15. The molecule has 1 aromatic heterocycles. The fraction of sp³-hybridized carbons (Fsp3) is 0.222. The third-order valence-corrected chi connectivity index (χ3v) is 5.57. The van der Waals surface area contributed by atoms with Gasteiger partial charge in [-0.1, -0.05) is 45.2 Å². The Hall–Kier alpha value is -1.74. The smallest absolute Gasteiger partial charge is 0.214 e. The summed E-state index contributed by atoms with van der Waals surface area (Å²) in [4.78, 5) is 0. The van der Waals surface area contributed by atoms with Gasteiger partial charge in [-0.2, -0.15) is 5.10 Å². The number of rotatable bonds is 8. The van der Waals surface area contributed by atoms with Crippen molar-refractivity contribution < 1.29 is 9.47 Å². The number of aromatic nitrogens is 3. The second-order valence-corrected chi connectivity index (χ2v) is 7.73. The summed E-state index contributed by atoms with van der Waals surface area (Å²) < 4.78 is 14.7. The largest absolute Gasteiger partial charge is 0.490 e. The zero-order chi connectivity index (χ0) is 20.1. The average Bonchev–Trinajstić information content (AvgIpc) is 3.07. The van der Waals surface area contributed by atoms with Crippen molar-refractivity contribution in [3.8, 4) is 11.5 Å². The van der Waals surface area contributed by atoms with E-state index in [0.717, 1.165) is 15.6 Å². The van der Waals surface area contributed by atoms with Gasteiger partial charge in [0, 0.05) is 20.1 Å². The first-order valence-corrected chi connectivity index (χ1v) is 10.3. The Kier molecular flexibility index (Phi) is 7.23. The highest BCUT2D eigenvalue weighted by atomic mass is 79.9. The molecule has 1 heterocycles. The van der Waals surface area contributed by atoms with Gasteiger partial charge in [-0.05, 0) is 49.0 Å². The van der Waals surface area contributed by atoms with Crippen molar-refractivity contribution in [2.45, 2.75) is 20.1 Å². The first-order valence-electron chi connectivity index (χ1n) is 8.36. The fourth-order valence-corrected chi connectivity index (χ4v) is 3.58. The van der Waals surface area contributed by atoms with Gasteiger partial charge in [0.2, 0.25) is 4.77 Å². The van der Waals surface area contributed by atoms with Crippen LogP contribution in [0.1, 0.15) is 18.1 Å². The van der Waals surface area contributed by atoms with Gasteiger partial charge in [0.1, 0.15) is 12.9 Å². The lowest BCUT2D eigenvalue weighted by molar-refractivity contribution is 0.269. The molecule has 0 aliphatic rings. The molecule has 0 bridgehead atoms. The van der Waals surface area contributed by atoms with Crippen LogP contribution in [0.25, 0.3) is 0 Å². The van der Waals surface area contributed by atoms with E-state index in [1.54, 1.807) is 29.2 Å². The molecule has 0 radical (unpaired) electrons. The van der Waals surface area contributed by atoms with E-state index in [0.29, 0.717) is 39.5 Å². The Balaban J connectivity index is 1.80. The minimum atomic E-state index is 0.229. The molecule has 28 heavy (non-hydrogen) atoms. The Morgan fingerprint density at radius 2 is 1.93 bits per heavy atom. The average molecular weight is 504 g/mol. The summed E-state index contributed by atoms with van der Waals surface area (Å²) in [6, 6.07) is 9.13. The van der Waals surface area contributed by atoms with Crippen LogP contribution in [0.5, 0.6) is 11.5 Å². The van der Waals surface area contributed by atoms with Crippen LogP contribution in [0.15, 0.2) is 41.1 Å². The molecule has 0 saturated carbocycles. The number of ether oxygens (including phenoxy) is 2. The lowest BCUT2D eigenvalue weighted by atomic mass is 10.2. The Morgan fingerprint density at radius 1 is 1.21 bits per heavy atom. The topological polar surface area (TPSA) is 64.1 Å². The van der Waals surface area contributed by atoms with Crippen molar-refractivity contribution in [2.24, 2.45) is 0 Å². The molecular formula is C18H17BrCl2N4O2S. The fourth-order valence-electron chi connectivity index (χ4n) is 2.45. The molecule has 3 rings (SSSR count). The van der Waals surface area contributed by atoms with Gasteiger partial charge in [-0.3, -0.25) is 5.10 Å². The van der Waals surface area contributed by atoms with E-state index in [4.69, 9.17) is 44.9 Å². The second-order valence-electron chi connectivity index (χ2n) is 5.68. The van der Waals surface area contributed by atoms with E-state index in [1.165, 1.54) is 0 Å². The molecule has 0 spiro atoms. The zero-order valence-electron chi connectivity index (χ0n) is 14.8. The first-order chi connectivity index (χ1) is 13.5. The third-order valence-electron chi connectivity index (χ3n) is 3.84. The Morgan fingerprint density at radius 3 is 2.57 bits per heavy atom. The van der Waals surface area contributed by atoms with Crippen LogP contribution >= 0.6 is 51.3 Å². The van der Waals surface area contributed by atoms with E-state index >= 15 is 0 Å². The second kappa shape index (κ2) is 9.65. The summed E-state index contributed by atoms with van der Waals surface area (Å²) in [5.41, 5.74) is 4.86. The third kappa shape index (κ3) is 5.00. The normalized spacial score (nSPS) is 10.7. The molecule has 0 aliphatic heterocycles. The van der Waals surface area contributed by atoms with E-state index in [9.17, 15) is 0 Å². The van der Waals surface area contributed by atoms with E-state index < -0.39 is 0 Å². The molecule has 0 unspecified atom stereocenters. The standard InChI is InChI=1S/C18H17BrCl2N4O2S/c1-2-26-16-6-11(8-23-25-10-22-24-18(25)28)13(19)7-17(16)27-9-12-14(20)4-3-5-15(12)21/h3-7,10,23H,2,8-9H2,1H3,(H,24,28). The van der Waals surface area contributed by atoms with Crippen LogP contribution in [-0.2, 0) is 13.2 Å². The number of nitrogens with one attached hydrogen (secondary N) is 2. The van der Waals surface area contributed by atoms with Crippen LogP contribution < -0.4 is 14.9 Å². The number of nitrogens with zero attached hydrogens (tertiary/aromatic N) is 2. The van der Waals surface area contributed by atoms with Crippen LogP contribution in [0.4, 0.5) is 0 Å². The summed E-state index contributed by atoms with van der Waals surface area (Å²) >= 11 is 21.2. The van der Waals surface area contributed by atoms with Crippen LogP contribution in [-0.4, -0.2) is 21.5 Å². The minimum absolute atomic E-state index is 0.229. The van der Waals surface area contributed by atoms with Crippen molar-refractivity contribution in [2.75, 3.05) is 12.0 Å². The molecule has 10 heteroatoms. The SMILES string of the molecule is CCOc1cc(CNn2cn[nH]c2=S)c(Br)cc1OCc1c(Cl)cccc1Cl. The maximum Gasteiger partial charge on any atom is 0.214 e. The number of halogens is 3. The molecular weight excluding hydrogens is 487 g/mol. The first kappa shape index (κ1) is 21.0. The molecule has 148 valence electrons. The summed E-state index contributed by atoms with van der Waals surface area (Å²) in [6.07, 6.45) is 1.57. The molecule has 3 aromatic rings. The van der Waals surface area contributed by atoms with Gasteiger partial charge >= 0.3 is 0 Å². The molecule has 0 amide bonds. The van der Waals surface area contributed by atoms with Crippen LogP contribution in [0.3, 0.4) is 0 Å². The highest BCUT2D eigenvalue weighted by Gasteiger charge is 2.13. The predicted octanol–water partition coefficient (Wildman–Crippen LogP) is 5.73. The minimum Gasteiger partial charge on any atom is -0.490 e. The van der Waals surface area contributed by atoms with E-state index in [1.807, 2.05) is 19.1 Å². The predicted molar refractivity (Wildman–Crippen MR) is 117 cm³/mol. The van der Waals surface area contributed by atoms with Gasteiger partial charge in [0.25, 0.3) is 0 Å². The Labute approximate surface area is 185 Å². The highest BCUT2D eigenvalue weighted by molar-refractivity contribution is 9.10. The molecule has 0 fully saturated rings. The highest BCUT2D eigenvalue weighted by Crippen LogP contribution is 2.35. The number of benzene rings is 2. The lowest BCUT2D eigenvalue weighted by Crippen LogP contribution is -2.14. The van der Waals surface area contributed by atoms with Gasteiger partial charge in [-0.15, -0.1) is 0 Å². The quantitative estimate of drug-likeness (QED) is 0.384. The van der Waals surface area contributed by atoms with Crippen molar-refractivity contribution in [3.05, 3.63) is 67.1 Å². The monoisotopic (exact) mass is 502 g/mol. The molecule has 0 aliphatic carbocycles. The Bertz CT molecular complexity index is 1000. The molecule has 2 aromatic carbocycles. The van der Waals surface area contributed by atoms with Crippen molar-refractivity contribution in [1.29, 1.82) is 0 Å². The number of hydrogen-bond donors (Lipinski definition) is 2. The number of aromatic amines is 1.